The first-order valence-electron chi connectivity index (χ1n) is 9.85. The van der Waals surface area contributed by atoms with Crippen LogP contribution in [0.25, 0.3) is 10.8 Å². The molecule has 2 fully saturated rings. The summed E-state index contributed by atoms with van der Waals surface area (Å²) in [6.45, 7) is 1.03. The zero-order valence-corrected chi connectivity index (χ0v) is 15.1. The van der Waals surface area contributed by atoms with Crippen molar-refractivity contribution in [2.24, 2.45) is 0 Å². The molecule has 0 amide bonds. The fourth-order valence-electron chi connectivity index (χ4n) is 5.00. The van der Waals surface area contributed by atoms with Crippen LogP contribution >= 0.6 is 0 Å². The van der Waals surface area contributed by atoms with Crippen LogP contribution in [-0.2, 0) is 6.42 Å². The van der Waals surface area contributed by atoms with Gasteiger partial charge in [0.2, 0.25) is 0 Å². The summed E-state index contributed by atoms with van der Waals surface area (Å²) in [4.78, 5) is 10.0. The SMILES string of the molecule is c1ccc2c(N3C4CCC3CC(NCCc3cnc[nH]3)C4)cccc2c1. The third-order valence-electron chi connectivity index (χ3n) is 6.16. The molecule has 26 heavy (non-hydrogen) atoms. The maximum absolute atomic E-state index is 4.10. The van der Waals surface area contributed by atoms with Gasteiger partial charge in [0.1, 0.15) is 0 Å². The number of nitrogens with zero attached hydrogens (tertiary/aromatic N) is 2. The van der Waals surface area contributed by atoms with Crippen LogP contribution in [0.15, 0.2) is 55.0 Å². The number of aromatic amines is 1. The largest absolute Gasteiger partial charge is 0.365 e. The van der Waals surface area contributed by atoms with Crippen molar-refractivity contribution in [3.63, 3.8) is 0 Å². The van der Waals surface area contributed by atoms with Gasteiger partial charge in [-0.3, -0.25) is 0 Å². The summed E-state index contributed by atoms with van der Waals surface area (Å²) in [5, 5.41) is 6.55. The summed E-state index contributed by atoms with van der Waals surface area (Å²) in [5.74, 6) is 0. The van der Waals surface area contributed by atoms with E-state index in [0.717, 1.165) is 13.0 Å². The Morgan fingerprint density at radius 2 is 1.85 bits per heavy atom. The molecule has 2 unspecified atom stereocenters. The van der Waals surface area contributed by atoms with Gasteiger partial charge in [0.15, 0.2) is 0 Å². The van der Waals surface area contributed by atoms with Crippen LogP contribution < -0.4 is 10.2 Å². The first-order valence-corrected chi connectivity index (χ1v) is 9.85. The third-order valence-corrected chi connectivity index (χ3v) is 6.16. The van der Waals surface area contributed by atoms with Crippen LogP contribution in [0, 0.1) is 0 Å². The Morgan fingerprint density at radius 3 is 2.65 bits per heavy atom. The molecule has 2 aliphatic rings. The molecule has 3 heterocycles. The fourth-order valence-corrected chi connectivity index (χ4v) is 5.00. The zero-order valence-electron chi connectivity index (χ0n) is 15.1. The van der Waals surface area contributed by atoms with Crippen molar-refractivity contribution in [2.75, 3.05) is 11.4 Å². The highest BCUT2D eigenvalue weighted by molar-refractivity contribution is 5.94. The predicted octanol–water partition coefficient (Wildman–Crippen LogP) is 3.90. The van der Waals surface area contributed by atoms with Crippen LogP contribution in [0.1, 0.15) is 31.4 Å². The maximum atomic E-state index is 4.10. The van der Waals surface area contributed by atoms with E-state index in [9.17, 15) is 0 Å². The molecule has 0 spiro atoms. The molecule has 134 valence electrons. The van der Waals surface area contributed by atoms with Gasteiger partial charge in [-0.1, -0.05) is 36.4 Å². The number of imidazole rings is 1. The van der Waals surface area contributed by atoms with Gasteiger partial charge in [-0.2, -0.15) is 0 Å². The molecule has 5 rings (SSSR count). The minimum Gasteiger partial charge on any atom is -0.365 e. The van der Waals surface area contributed by atoms with Crippen molar-refractivity contribution < 1.29 is 0 Å². The van der Waals surface area contributed by atoms with Crippen molar-refractivity contribution in [1.82, 2.24) is 15.3 Å². The highest BCUT2D eigenvalue weighted by Crippen LogP contribution is 2.41. The maximum Gasteiger partial charge on any atom is 0.0921 e. The van der Waals surface area contributed by atoms with Gasteiger partial charge in [-0.05, 0) is 37.1 Å². The van der Waals surface area contributed by atoms with Gasteiger partial charge in [-0.25, -0.2) is 4.98 Å². The standard InChI is InChI=1S/C22H26N4/c1-2-6-21-16(4-1)5-3-7-22(21)26-19-8-9-20(26)13-18(12-19)24-11-10-17-14-23-15-25-17/h1-7,14-15,18-20,24H,8-13H2,(H,23,25). The number of hydrogen-bond donors (Lipinski definition) is 2. The Balaban J connectivity index is 1.30. The Kier molecular flexibility index (Phi) is 4.13. The van der Waals surface area contributed by atoms with Gasteiger partial charge in [0.25, 0.3) is 0 Å². The van der Waals surface area contributed by atoms with E-state index in [4.69, 9.17) is 0 Å². The molecule has 0 aliphatic carbocycles. The normalized spacial score (nSPS) is 25.1. The second-order valence-electron chi connectivity index (χ2n) is 7.74. The summed E-state index contributed by atoms with van der Waals surface area (Å²) in [5.41, 5.74) is 2.65. The number of rotatable bonds is 5. The minimum atomic E-state index is 0.640. The second-order valence-corrected chi connectivity index (χ2v) is 7.74. The quantitative estimate of drug-likeness (QED) is 0.736. The van der Waals surface area contributed by atoms with Gasteiger partial charge in [0.05, 0.1) is 6.33 Å². The van der Waals surface area contributed by atoms with Crippen molar-refractivity contribution >= 4 is 16.5 Å². The monoisotopic (exact) mass is 346 g/mol. The average molecular weight is 346 g/mol. The predicted molar refractivity (Wildman–Crippen MR) is 107 cm³/mol. The number of nitrogens with one attached hydrogen (secondary N) is 2. The molecule has 2 bridgehead atoms. The fraction of sp³-hybridized carbons (Fsp3) is 0.409. The first-order chi connectivity index (χ1) is 12.9. The third kappa shape index (κ3) is 2.88. The molecule has 0 saturated carbocycles. The Hall–Kier alpha value is -2.33. The van der Waals surface area contributed by atoms with Gasteiger partial charge in [-0.15, -0.1) is 0 Å². The van der Waals surface area contributed by atoms with E-state index in [2.05, 4.69) is 62.6 Å². The van der Waals surface area contributed by atoms with Crippen molar-refractivity contribution in [3.8, 4) is 0 Å². The van der Waals surface area contributed by atoms with E-state index in [1.807, 2.05) is 6.20 Å². The zero-order chi connectivity index (χ0) is 17.3. The Bertz CT molecular complexity index is 853. The highest BCUT2D eigenvalue weighted by atomic mass is 15.2. The first kappa shape index (κ1) is 15.9. The smallest absolute Gasteiger partial charge is 0.0921 e. The lowest BCUT2D eigenvalue weighted by atomic mass is 9.95. The van der Waals surface area contributed by atoms with Crippen molar-refractivity contribution in [2.45, 2.75) is 50.2 Å². The molecule has 2 aliphatic heterocycles. The number of fused-ring (bicyclic) bond motifs is 3. The van der Waals surface area contributed by atoms with Gasteiger partial charge >= 0.3 is 0 Å². The number of piperidine rings is 1. The summed E-state index contributed by atoms with van der Waals surface area (Å²) < 4.78 is 0. The summed E-state index contributed by atoms with van der Waals surface area (Å²) >= 11 is 0. The molecule has 4 nitrogen and oxygen atoms in total. The number of anilines is 1. The van der Waals surface area contributed by atoms with Crippen LogP contribution in [-0.4, -0.2) is 34.6 Å². The molecular formula is C22H26N4. The van der Waals surface area contributed by atoms with Gasteiger partial charge < -0.3 is 15.2 Å². The van der Waals surface area contributed by atoms with E-state index in [-0.39, 0.29) is 0 Å². The van der Waals surface area contributed by atoms with Crippen molar-refractivity contribution in [3.05, 3.63) is 60.7 Å². The van der Waals surface area contributed by atoms with Crippen LogP contribution in [0.3, 0.4) is 0 Å². The molecular weight excluding hydrogens is 320 g/mol. The Morgan fingerprint density at radius 1 is 1.04 bits per heavy atom. The molecule has 3 aromatic rings. The van der Waals surface area contributed by atoms with E-state index < -0.39 is 0 Å². The number of H-pyrrole nitrogens is 1. The van der Waals surface area contributed by atoms with Crippen LogP contribution in [0.5, 0.6) is 0 Å². The molecule has 0 radical (unpaired) electrons. The lowest BCUT2D eigenvalue weighted by molar-refractivity contribution is 0.358. The van der Waals surface area contributed by atoms with E-state index in [1.54, 1.807) is 6.33 Å². The minimum absolute atomic E-state index is 0.640. The summed E-state index contributed by atoms with van der Waals surface area (Å²) in [7, 11) is 0. The highest BCUT2D eigenvalue weighted by Gasteiger charge is 2.40. The van der Waals surface area contributed by atoms with E-state index in [1.165, 1.54) is 47.8 Å². The van der Waals surface area contributed by atoms with E-state index in [0.29, 0.717) is 18.1 Å². The lowest BCUT2D eigenvalue weighted by Gasteiger charge is -2.41. The topological polar surface area (TPSA) is 44.0 Å². The molecule has 4 heteroatoms. The molecule has 2 saturated heterocycles. The number of aromatic nitrogens is 2. The van der Waals surface area contributed by atoms with Crippen molar-refractivity contribution in [1.29, 1.82) is 0 Å². The van der Waals surface area contributed by atoms with Crippen LogP contribution in [0.4, 0.5) is 5.69 Å². The lowest BCUT2D eigenvalue weighted by Crippen LogP contribution is -2.49. The summed E-state index contributed by atoms with van der Waals surface area (Å²) in [6.07, 6.45) is 9.87. The summed E-state index contributed by atoms with van der Waals surface area (Å²) in [6, 6.07) is 17.5. The Labute approximate surface area is 154 Å². The molecule has 1 aromatic heterocycles. The number of hydrogen-bond acceptors (Lipinski definition) is 3. The molecule has 2 atom stereocenters. The van der Waals surface area contributed by atoms with Gasteiger partial charge in [0, 0.05) is 54.1 Å². The van der Waals surface area contributed by atoms with Crippen LogP contribution in [0.2, 0.25) is 0 Å². The average Bonchev–Trinajstić information content (AvgIpc) is 3.27. The number of benzene rings is 2. The van der Waals surface area contributed by atoms with E-state index >= 15 is 0 Å². The second kappa shape index (κ2) is 6.76. The molecule has 2 N–H and O–H groups in total. The molecule has 2 aromatic carbocycles.